The predicted octanol–water partition coefficient (Wildman–Crippen LogP) is 3.20. The first-order valence-corrected chi connectivity index (χ1v) is 7.22. The van der Waals surface area contributed by atoms with Crippen molar-refractivity contribution in [3.63, 3.8) is 0 Å². The van der Waals surface area contributed by atoms with Crippen LogP contribution >= 0.6 is 0 Å². The van der Waals surface area contributed by atoms with Crippen molar-refractivity contribution >= 4 is 22.8 Å². The van der Waals surface area contributed by atoms with Crippen molar-refractivity contribution in [1.29, 1.82) is 0 Å². The van der Waals surface area contributed by atoms with Crippen LogP contribution in [0.25, 0.3) is 17.0 Å². The van der Waals surface area contributed by atoms with Gasteiger partial charge in [-0.1, -0.05) is 0 Å². The molecule has 3 aromatic rings. The summed E-state index contributed by atoms with van der Waals surface area (Å²) in [7, 11) is 1.59. The number of ether oxygens (including phenoxy) is 2. The maximum atomic E-state index is 12.4. The molecule has 1 aromatic heterocycles. The molecule has 0 unspecified atom stereocenters. The number of phenolic OH excluding ortho intramolecular Hbond substituents is 2. The Hall–Kier alpha value is -3.41. The molecule has 0 saturated heterocycles. The van der Waals surface area contributed by atoms with Gasteiger partial charge in [-0.05, 0) is 30.3 Å². The zero-order valence-corrected chi connectivity index (χ0v) is 12.7. The van der Waals surface area contributed by atoms with Crippen LogP contribution in [0, 0.1) is 0 Å². The molecular weight excluding hydrogens is 310 g/mol. The third-order valence-electron chi connectivity index (χ3n) is 3.97. The first-order valence-electron chi connectivity index (χ1n) is 7.22. The summed E-state index contributed by atoms with van der Waals surface area (Å²) in [6, 6.07) is 8.02. The number of carbonyl (C=O) groups excluding carboxylic acids is 1. The lowest BCUT2D eigenvalue weighted by molar-refractivity contribution is 0.101. The van der Waals surface area contributed by atoms with Crippen LogP contribution in [0.4, 0.5) is 0 Å². The topological polar surface area (TPSA) is 91.8 Å². The Kier molecular flexibility index (Phi) is 2.99. The van der Waals surface area contributed by atoms with Crippen molar-refractivity contribution in [2.45, 2.75) is 0 Å². The number of ketones is 1. The molecule has 3 N–H and O–H groups in total. The number of hydrogen-bond acceptors (Lipinski definition) is 5. The standard InChI is InChI=1S/C18H13NO5/c1-23-10-2-3-13-11(5-10)9(8-19-13)4-17-18(22)12-6-14(20)15(21)7-16(12)24-17/h2-8,19-21H,1H3/b17-4-. The summed E-state index contributed by atoms with van der Waals surface area (Å²) in [5.74, 6) is 0.0113. The fourth-order valence-electron chi connectivity index (χ4n) is 2.72. The van der Waals surface area contributed by atoms with E-state index in [1.54, 1.807) is 19.4 Å². The Morgan fingerprint density at radius 3 is 2.75 bits per heavy atom. The minimum Gasteiger partial charge on any atom is -0.504 e. The second-order valence-corrected chi connectivity index (χ2v) is 5.43. The predicted molar refractivity (Wildman–Crippen MR) is 87.6 cm³/mol. The minimum absolute atomic E-state index is 0.124. The van der Waals surface area contributed by atoms with Gasteiger partial charge in [0.1, 0.15) is 11.5 Å². The summed E-state index contributed by atoms with van der Waals surface area (Å²) < 4.78 is 10.8. The average molecular weight is 323 g/mol. The number of fused-ring (bicyclic) bond motifs is 2. The molecule has 0 radical (unpaired) electrons. The molecule has 0 aliphatic carbocycles. The highest BCUT2D eigenvalue weighted by molar-refractivity contribution is 6.15. The number of aromatic nitrogens is 1. The van der Waals surface area contributed by atoms with E-state index < -0.39 is 0 Å². The molecule has 0 amide bonds. The van der Waals surface area contributed by atoms with Gasteiger partial charge >= 0.3 is 0 Å². The fraction of sp³-hybridized carbons (Fsp3) is 0.0556. The molecule has 0 atom stereocenters. The van der Waals surface area contributed by atoms with Crippen LogP contribution in [0.15, 0.2) is 42.3 Å². The van der Waals surface area contributed by atoms with Crippen LogP contribution in [0.2, 0.25) is 0 Å². The average Bonchev–Trinajstić information content (AvgIpc) is 3.11. The summed E-state index contributed by atoms with van der Waals surface area (Å²) >= 11 is 0. The van der Waals surface area contributed by atoms with Gasteiger partial charge in [-0.15, -0.1) is 0 Å². The largest absolute Gasteiger partial charge is 0.504 e. The van der Waals surface area contributed by atoms with E-state index in [9.17, 15) is 15.0 Å². The SMILES string of the molecule is COc1ccc2[nH]cc(/C=C3\Oc4cc(O)c(O)cc4C3=O)c2c1. The number of nitrogens with one attached hydrogen (secondary N) is 1. The second-order valence-electron chi connectivity index (χ2n) is 5.43. The molecule has 6 heteroatoms. The van der Waals surface area contributed by atoms with Gasteiger partial charge in [0.25, 0.3) is 0 Å². The normalized spacial score (nSPS) is 14.9. The van der Waals surface area contributed by atoms with Crippen molar-refractivity contribution in [3.8, 4) is 23.0 Å². The zero-order chi connectivity index (χ0) is 16.8. The molecule has 4 rings (SSSR count). The monoisotopic (exact) mass is 323 g/mol. The van der Waals surface area contributed by atoms with Gasteiger partial charge in [0.15, 0.2) is 17.3 Å². The van der Waals surface area contributed by atoms with Gasteiger partial charge in [0.2, 0.25) is 5.78 Å². The fourth-order valence-corrected chi connectivity index (χ4v) is 2.72. The third-order valence-corrected chi connectivity index (χ3v) is 3.97. The Labute approximate surface area is 136 Å². The second kappa shape index (κ2) is 5.06. The first kappa shape index (κ1) is 14.2. The highest BCUT2D eigenvalue weighted by Crippen LogP contribution is 2.39. The number of aromatic hydroxyl groups is 2. The molecular formula is C18H13NO5. The van der Waals surface area contributed by atoms with Crippen LogP contribution in [-0.4, -0.2) is 28.1 Å². The van der Waals surface area contributed by atoms with Gasteiger partial charge in [0, 0.05) is 28.7 Å². The van der Waals surface area contributed by atoms with Gasteiger partial charge in [0.05, 0.1) is 12.7 Å². The maximum Gasteiger partial charge on any atom is 0.232 e. The molecule has 1 aliphatic heterocycles. The van der Waals surface area contributed by atoms with Crippen LogP contribution in [0.5, 0.6) is 23.0 Å². The van der Waals surface area contributed by atoms with E-state index in [1.807, 2.05) is 18.2 Å². The summed E-state index contributed by atoms with van der Waals surface area (Å²) in [5.41, 5.74) is 1.89. The Morgan fingerprint density at radius 2 is 1.96 bits per heavy atom. The molecule has 2 heterocycles. The molecule has 24 heavy (non-hydrogen) atoms. The molecule has 1 aliphatic rings. The number of phenols is 2. The van der Waals surface area contributed by atoms with E-state index in [0.717, 1.165) is 16.5 Å². The van der Waals surface area contributed by atoms with Gasteiger partial charge in [-0.25, -0.2) is 0 Å². The van der Waals surface area contributed by atoms with E-state index in [-0.39, 0.29) is 34.4 Å². The molecule has 6 nitrogen and oxygen atoms in total. The van der Waals surface area contributed by atoms with E-state index in [4.69, 9.17) is 9.47 Å². The number of rotatable bonds is 2. The third kappa shape index (κ3) is 2.08. The molecule has 0 bridgehead atoms. The van der Waals surface area contributed by atoms with E-state index in [2.05, 4.69) is 4.98 Å². The van der Waals surface area contributed by atoms with E-state index in [0.29, 0.717) is 5.75 Å². The van der Waals surface area contributed by atoms with E-state index >= 15 is 0 Å². The molecule has 0 saturated carbocycles. The van der Waals surface area contributed by atoms with Gasteiger partial charge in [-0.2, -0.15) is 0 Å². The lowest BCUT2D eigenvalue weighted by Crippen LogP contribution is -1.97. The smallest absolute Gasteiger partial charge is 0.232 e. The summed E-state index contributed by atoms with van der Waals surface area (Å²) in [6.07, 6.45) is 3.39. The number of hydrogen-bond donors (Lipinski definition) is 3. The van der Waals surface area contributed by atoms with Crippen molar-refractivity contribution < 1.29 is 24.5 Å². The number of methoxy groups -OCH3 is 1. The number of carbonyl (C=O) groups is 1. The van der Waals surface area contributed by atoms with Crippen LogP contribution in [-0.2, 0) is 0 Å². The Morgan fingerprint density at radius 1 is 1.17 bits per heavy atom. The molecule has 0 fully saturated rings. The van der Waals surface area contributed by atoms with Crippen LogP contribution in [0.3, 0.4) is 0 Å². The number of benzene rings is 2. The van der Waals surface area contributed by atoms with Crippen molar-refractivity contribution in [2.24, 2.45) is 0 Å². The molecule has 2 aromatic carbocycles. The van der Waals surface area contributed by atoms with Gasteiger partial charge < -0.3 is 24.7 Å². The molecule has 0 spiro atoms. The Bertz CT molecular complexity index is 1020. The Balaban J connectivity index is 1.79. The summed E-state index contributed by atoms with van der Waals surface area (Å²) in [5, 5.41) is 20.0. The quantitative estimate of drug-likeness (QED) is 0.497. The minimum atomic E-state index is -0.358. The number of Topliss-reactive ketones (excluding diaryl/α,β-unsaturated/α-hetero) is 1. The lowest BCUT2D eigenvalue weighted by Gasteiger charge is -2.01. The summed E-state index contributed by atoms with van der Waals surface area (Å²) in [6.45, 7) is 0. The van der Waals surface area contributed by atoms with E-state index in [1.165, 1.54) is 12.1 Å². The lowest BCUT2D eigenvalue weighted by atomic mass is 10.1. The van der Waals surface area contributed by atoms with Crippen molar-refractivity contribution in [2.75, 3.05) is 7.11 Å². The summed E-state index contributed by atoms with van der Waals surface area (Å²) in [4.78, 5) is 15.5. The zero-order valence-electron chi connectivity index (χ0n) is 12.7. The number of H-pyrrole nitrogens is 1. The first-order chi connectivity index (χ1) is 11.6. The van der Waals surface area contributed by atoms with Crippen molar-refractivity contribution in [3.05, 3.63) is 53.4 Å². The highest BCUT2D eigenvalue weighted by Gasteiger charge is 2.29. The number of aromatic amines is 1. The molecule has 120 valence electrons. The van der Waals surface area contributed by atoms with Crippen LogP contribution < -0.4 is 9.47 Å². The van der Waals surface area contributed by atoms with Crippen LogP contribution in [0.1, 0.15) is 15.9 Å². The highest BCUT2D eigenvalue weighted by atomic mass is 16.5. The van der Waals surface area contributed by atoms with Gasteiger partial charge in [-0.3, -0.25) is 4.79 Å². The maximum absolute atomic E-state index is 12.4. The number of allylic oxidation sites excluding steroid dienone is 1. The van der Waals surface area contributed by atoms with Crippen molar-refractivity contribution in [1.82, 2.24) is 4.98 Å².